The van der Waals surface area contributed by atoms with Crippen molar-refractivity contribution in [2.75, 3.05) is 7.05 Å². The molecule has 0 aliphatic rings. The van der Waals surface area contributed by atoms with Crippen LogP contribution in [0.25, 0.3) is 0 Å². The first-order chi connectivity index (χ1) is 9.73. The number of aryl methyl sites for hydroxylation is 3. The van der Waals surface area contributed by atoms with Crippen molar-refractivity contribution in [3.05, 3.63) is 32.8 Å². The van der Waals surface area contributed by atoms with Crippen LogP contribution in [0, 0.1) is 20.8 Å². The molecule has 0 N–H and O–H groups in total. The van der Waals surface area contributed by atoms with Gasteiger partial charge in [0, 0.05) is 38.9 Å². The van der Waals surface area contributed by atoms with Gasteiger partial charge in [-0.3, -0.25) is 14.2 Å². The Hall–Kier alpha value is -1.63. The van der Waals surface area contributed by atoms with E-state index in [4.69, 9.17) is 0 Å². The fourth-order valence-electron chi connectivity index (χ4n) is 2.26. The highest BCUT2D eigenvalue weighted by molar-refractivity contribution is 9.10. The number of amides is 1. The molecule has 0 unspecified atom stereocenters. The second kappa shape index (κ2) is 5.63. The molecule has 0 saturated heterocycles. The third-order valence-corrected chi connectivity index (χ3v) is 4.81. The molecule has 1 amide bonds. The Morgan fingerprint density at radius 2 is 1.71 bits per heavy atom. The Morgan fingerprint density at radius 3 is 2.14 bits per heavy atom. The zero-order valence-electron chi connectivity index (χ0n) is 13.2. The number of rotatable bonds is 3. The summed E-state index contributed by atoms with van der Waals surface area (Å²) in [7, 11) is 5.52. The van der Waals surface area contributed by atoms with Crippen molar-refractivity contribution < 1.29 is 4.79 Å². The first-order valence-corrected chi connectivity index (χ1v) is 7.47. The summed E-state index contributed by atoms with van der Waals surface area (Å²) in [6.07, 6.45) is 0. The quantitative estimate of drug-likeness (QED) is 0.848. The maximum atomic E-state index is 12.6. The third kappa shape index (κ3) is 2.74. The summed E-state index contributed by atoms with van der Waals surface area (Å²) in [6, 6.07) is 0. The topological polar surface area (TPSA) is 56.0 Å². The number of halogens is 1. The van der Waals surface area contributed by atoms with Gasteiger partial charge in [-0.25, -0.2) is 0 Å². The SMILES string of the molecule is Cc1nn(C)c(C)c1CN(C)C(=O)c1nn(C)c(C)c1Br. The molecule has 0 spiro atoms. The molecule has 0 fully saturated rings. The van der Waals surface area contributed by atoms with Gasteiger partial charge in [0.1, 0.15) is 0 Å². The van der Waals surface area contributed by atoms with E-state index in [2.05, 4.69) is 26.1 Å². The molecule has 114 valence electrons. The van der Waals surface area contributed by atoms with Gasteiger partial charge in [0.05, 0.1) is 15.9 Å². The monoisotopic (exact) mass is 353 g/mol. The number of carbonyl (C=O) groups is 1. The molecule has 6 nitrogen and oxygen atoms in total. The molecule has 2 aromatic heterocycles. The molecule has 0 saturated carbocycles. The highest BCUT2D eigenvalue weighted by Gasteiger charge is 2.22. The lowest BCUT2D eigenvalue weighted by atomic mass is 10.2. The van der Waals surface area contributed by atoms with E-state index >= 15 is 0 Å². The standard InChI is InChI=1S/C14H20BrN5O/c1-8-11(9(2)19(5)16-8)7-18(4)14(21)13-12(15)10(3)20(6)17-13/h7H2,1-6H3. The van der Waals surface area contributed by atoms with Crippen LogP contribution in [0.3, 0.4) is 0 Å². The minimum Gasteiger partial charge on any atom is -0.336 e. The Morgan fingerprint density at radius 1 is 1.14 bits per heavy atom. The predicted octanol–water partition coefficient (Wildman–Crippen LogP) is 2.11. The predicted molar refractivity (Wildman–Crippen MR) is 84.1 cm³/mol. The van der Waals surface area contributed by atoms with Crippen molar-refractivity contribution >= 4 is 21.8 Å². The molecule has 0 radical (unpaired) electrons. The van der Waals surface area contributed by atoms with Crippen LogP contribution < -0.4 is 0 Å². The van der Waals surface area contributed by atoms with Crippen molar-refractivity contribution in [3.63, 3.8) is 0 Å². The van der Waals surface area contributed by atoms with Crippen molar-refractivity contribution in [3.8, 4) is 0 Å². The lowest BCUT2D eigenvalue weighted by molar-refractivity contribution is 0.0777. The summed E-state index contributed by atoms with van der Waals surface area (Å²) in [6.45, 7) is 6.41. The minimum atomic E-state index is -0.103. The van der Waals surface area contributed by atoms with Gasteiger partial charge < -0.3 is 4.90 Å². The largest absolute Gasteiger partial charge is 0.336 e. The molecule has 21 heavy (non-hydrogen) atoms. The fourth-order valence-corrected chi connectivity index (χ4v) is 2.76. The Kier molecular flexibility index (Phi) is 4.22. The van der Waals surface area contributed by atoms with Crippen LogP contribution in [0.1, 0.15) is 33.1 Å². The lowest BCUT2D eigenvalue weighted by Crippen LogP contribution is -2.27. The summed E-state index contributed by atoms with van der Waals surface area (Å²) in [5.74, 6) is -0.103. The van der Waals surface area contributed by atoms with Crippen molar-refractivity contribution in [2.45, 2.75) is 27.3 Å². The Labute approximate surface area is 132 Å². The fraction of sp³-hybridized carbons (Fsp3) is 0.500. The van der Waals surface area contributed by atoms with E-state index in [1.54, 1.807) is 16.6 Å². The van der Waals surface area contributed by atoms with Crippen LogP contribution in [-0.4, -0.2) is 37.4 Å². The van der Waals surface area contributed by atoms with Gasteiger partial charge in [0.25, 0.3) is 5.91 Å². The molecule has 0 atom stereocenters. The average Bonchev–Trinajstić information content (AvgIpc) is 2.82. The van der Waals surface area contributed by atoms with Gasteiger partial charge in [0.2, 0.25) is 0 Å². The van der Waals surface area contributed by atoms with E-state index in [1.807, 2.05) is 39.5 Å². The second-order valence-corrected chi connectivity index (χ2v) is 6.10. The van der Waals surface area contributed by atoms with E-state index in [-0.39, 0.29) is 5.91 Å². The maximum Gasteiger partial charge on any atom is 0.275 e. The normalized spacial score (nSPS) is 11.0. The van der Waals surface area contributed by atoms with Gasteiger partial charge in [0.15, 0.2) is 5.69 Å². The van der Waals surface area contributed by atoms with Crippen LogP contribution in [0.4, 0.5) is 0 Å². The first kappa shape index (κ1) is 15.8. The van der Waals surface area contributed by atoms with Gasteiger partial charge in [-0.2, -0.15) is 10.2 Å². The third-order valence-electron chi connectivity index (χ3n) is 3.86. The van der Waals surface area contributed by atoms with Gasteiger partial charge in [-0.05, 0) is 36.7 Å². The van der Waals surface area contributed by atoms with Gasteiger partial charge in [-0.1, -0.05) is 0 Å². The van der Waals surface area contributed by atoms with Crippen LogP contribution in [0.5, 0.6) is 0 Å². The van der Waals surface area contributed by atoms with E-state index in [0.29, 0.717) is 12.2 Å². The molecule has 2 heterocycles. The molecule has 0 aliphatic carbocycles. The van der Waals surface area contributed by atoms with E-state index < -0.39 is 0 Å². The van der Waals surface area contributed by atoms with Crippen molar-refractivity contribution in [1.29, 1.82) is 0 Å². The van der Waals surface area contributed by atoms with Crippen molar-refractivity contribution in [1.82, 2.24) is 24.5 Å². The summed E-state index contributed by atoms with van der Waals surface area (Å²) in [4.78, 5) is 14.2. The first-order valence-electron chi connectivity index (χ1n) is 6.67. The highest BCUT2D eigenvalue weighted by atomic mass is 79.9. The minimum absolute atomic E-state index is 0.103. The summed E-state index contributed by atoms with van der Waals surface area (Å²) in [5.41, 5.74) is 4.48. The molecule has 0 bridgehead atoms. The van der Waals surface area contributed by atoms with Crippen LogP contribution in [0.15, 0.2) is 4.47 Å². The second-order valence-electron chi connectivity index (χ2n) is 5.31. The smallest absolute Gasteiger partial charge is 0.275 e. The van der Waals surface area contributed by atoms with E-state index in [1.165, 1.54) is 0 Å². The van der Waals surface area contributed by atoms with Crippen LogP contribution in [0.2, 0.25) is 0 Å². The van der Waals surface area contributed by atoms with Gasteiger partial charge >= 0.3 is 0 Å². The Bertz CT molecular complexity index is 701. The van der Waals surface area contributed by atoms with Crippen LogP contribution in [-0.2, 0) is 20.6 Å². The Balaban J connectivity index is 2.26. The molecule has 2 rings (SSSR count). The molecule has 0 aliphatic heterocycles. The zero-order chi connectivity index (χ0) is 15.9. The summed E-state index contributed by atoms with van der Waals surface area (Å²) in [5, 5.41) is 8.66. The number of aromatic nitrogens is 4. The number of hydrogen-bond acceptors (Lipinski definition) is 3. The van der Waals surface area contributed by atoms with E-state index in [9.17, 15) is 4.79 Å². The van der Waals surface area contributed by atoms with E-state index in [0.717, 1.165) is 27.1 Å². The molecular formula is C14H20BrN5O. The van der Waals surface area contributed by atoms with Gasteiger partial charge in [-0.15, -0.1) is 0 Å². The lowest BCUT2D eigenvalue weighted by Gasteiger charge is -2.16. The molecular weight excluding hydrogens is 334 g/mol. The number of hydrogen-bond donors (Lipinski definition) is 0. The molecule has 7 heteroatoms. The molecule has 2 aromatic rings. The average molecular weight is 354 g/mol. The molecule has 0 aromatic carbocycles. The van der Waals surface area contributed by atoms with Crippen LogP contribution >= 0.6 is 15.9 Å². The summed E-state index contributed by atoms with van der Waals surface area (Å²) < 4.78 is 4.29. The highest BCUT2D eigenvalue weighted by Crippen LogP contribution is 2.22. The van der Waals surface area contributed by atoms with Crippen molar-refractivity contribution in [2.24, 2.45) is 14.1 Å². The zero-order valence-corrected chi connectivity index (χ0v) is 14.8. The number of carbonyl (C=O) groups excluding carboxylic acids is 1. The maximum absolute atomic E-state index is 12.6. The summed E-state index contributed by atoms with van der Waals surface area (Å²) >= 11 is 3.44. The number of nitrogens with zero attached hydrogens (tertiary/aromatic N) is 5.